The molecule has 4 nitrogen and oxygen atoms in total. The summed E-state index contributed by atoms with van der Waals surface area (Å²) in [6.07, 6.45) is -4.39. The summed E-state index contributed by atoms with van der Waals surface area (Å²) in [7, 11) is 3.11. The highest BCUT2D eigenvalue weighted by molar-refractivity contribution is 5.69. The second kappa shape index (κ2) is 7.23. The number of halogens is 3. The normalized spacial score (nSPS) is 17.6. The molecule has 1 aromatic rings. The molecule has 0 saturated carbocycles. The first-order chi connectivity index (χ1) is 10.8. The molecule has 0 bridgehead atoms. The van der Waals surface area contributed by atoms with Gasteiger partial charge in [0, 0.05) is 19.6 Å². The van der Waals surface area contributed by atoms with Crippen molar-refractivity contribution >= 4 is 5.57 Å². The molecule has 0 amide bonds. The predicted molar refractivity (Wildman–Crippen MR) is 80.6 cm³/mol. The lowest BCUT2D eigenvalue weighted by Gasteiger charge is -2.29. The van der Waals surface area contributed by atoms with Crippen molar-refractivity contribution in [3.63, 3.8) is 0 Å². The van der Waals surface area contributed by atoms with Crippen LogP contribution in [0, 0.1) is 0 Å². The maximum atomic E-state index is 12.4. The molecule has 0 saturated heterocycles. The molecule has 1 atom stereocenters. The van der Waals surface area contributed by atoms with Crippen molar-refractivity contribution in [1.82, 2.24) is 4.90 Å². The molecule has 0 fully saturated rings. The number of aliphatic hydroxyl groups excluding tert-OH is 1. The molecule has 23 heavy (non-hydrogen) atoms. The van der Waals surface area contributed by atoms with Crippen LogP contribution >= 0.6 is 0 Å². The zero-order valence-corrected chi connectivity index (χ0v) is 13.1. The van der Waals surface area contributed by atoms with Crippen LogP contribution in [0.4, 0.5) is 13.2 Å². The first-order valence-electron chi connectivity index (χ1n) is 7.23. The maximum absolute atomic E-state index is 12.4. The second-order valence-electron chi connectivity index (χ2n) is 5.37. The van der Waals surface area contributed by atoms with Gasteiger partial charge in [-0.15, -0.1) is 0 Å². The highest BCUT2D eigenvalue weighted by Crippen LogP contribution is 2.32. The molecule has 1 aromatic carbocycles. The van der Waals surface area contributed by atoms with Gasteiger partial charge >= 0.3 is 6.18 Å². The molecule has 1 heterocycles. The van der Waals surface area contributed by atoms with Crippen molar-refractivity contribution < 1.29 is 27.8 Å². The van der Waals surface area contributed by atoms with Crippen LogP contribution in [0.5, 0.6) is 11.5 Å². The second-order valence-corrected chi connectivity index (χ2v) is 5.37. The molecule has 1 aliphatic rings. The van der Waals surface area contributed by atoms with E-state index in [0.717, 1.165) is 11.1 Å². The smallest absolute Gasteiger partial charge is 0.415 e. The van der Waals surface area contributed by atoms with E-state index >= 15 is 0 Å². The van der Waals surface area contributed by atoms with E-state index in [1.54, 1.807) is 25.2 Å². The average molecular weight is 331 g/mol. The number of benzene rings is 1. The molecule has 1 N–H and O–H groups in total. The topological polar surface area (TPSA) is 41.9 Å². The van der Waals surface area contributed by atoms with Crippen molar-refractivity contribution in [3.05, 3.63) is 29.8 Å². The fourth-order valence-electron chi connectivity index (χ4n) is 2.52. The van der Waals surface area contributed by atoms with Crippen LogP contribution in [0.1, 0.15) is 12.0 Å². The summed E-state index contributed by atoms with van der Waals surface area (Å²) in [5.74, 6) is 1.24. The number of ether oxygens (including phenoxy) is 2. The predicted octanol–water partition coefficient (Wildman–Crippen LogP) is 2.72. The molecule has 2 rings (SSSR count). The Morgan fingerprint density at radius 3 is 2.43 bits per heavy atom. The third-order valence-corrected chi connectivity index (χ3v) is 3.86. The number of rotatable bonds is 5. The van der Waals surface area contributed by atoms with Gasteiger partial charge in [-0.3, -0.25) is 4.90 Å². The number of β-amino-alcohol motifs (C(OH)–C–C–N with tert-alkyl or cyclic N) is 1. The first-order valence-corrected chi connectivity index (χ1v) is 7.23. The highest BCUT2D eigenvalue weighted by Gasteiger charge is 2.39. The van der Waals surface area contributed by atoms with Crippen molar-refractivity contribution in [2.24, 2.45) is 0 Å². The number of hydrogen-bond donors (Lipinski definition) is 1. The van der Waals surface area contributed by atoms with Gasteiger partial charge in [0.05, 0.1) is 14.2 Å². The van der Waals surface area contributed by atoms with Crippen LogP contribution in [0.3, 0.4) is 0 Å². The summed E-state index contributed by atoms with van der Waals surface area (Å²) in [6, 6.07) is 5.55. The van der Waals surface area contributed by atoms with Crippen molar-refractivity contribution in [2.75, 3.05) is 33.9 Å². The van der Waals surface area contributed by atoms with Crippen LogP contribution in [0.15, 0.2) is 24.3 Å². The minimum absolute atomic E-state index is 0.372. The van der Waals surface area contributed by atoms with Gasteiger partial charge in [-0.25, -0.2) is 0 Å². The zero-order chi connectivity index (χ0) is 17.0. The molecule has 0 aliphatic carbocycles. The Hall–Kier alpha value is -1.73. The molecule has 0 radical (unpaired) electrons. The van der Waals surface area contributed by atoms with Gasteiger partial charge in [0.15, 0.2) is 17.6 Å². The van der Waals surface area contributed by atoms with Gasteiger partial charge in [-0.1, -0.05) is 12.1 Å². The Labute approximate surface area is 133 Å². The minimum Gasteiger partial charge on any atom is -0.493 e. The lowest BCUT2D eigenvalue weighted by molar-refractivity contribution is -0.207. The van der Waals surface area contributed by atoms with E-state index in [4.69, 9.17) is 14.6 Å². The monoisotopic (exact) mass is 331 g/mol. The van der Waals surface area contributed by atoms with E-state index in [2.05, 4.69) is 0 Å². The molecule has 0 aromatic heterocycles. The minimum atomic E-state index is -4.58. The van der Waals surface area contributed by atoms with Crippen LogP contribution in [0.2, 0.25) is 0 Å². The molecule has 0 spiro atoms. The standard InChI is InChI=1S/C16H20F3NO3/c1-22-13-4-3-12(9-14(13)23-2)11-5-7-20(8-6-11)10-15(21)16(17,18)19/h3-5,9,15,21H,6-8,10H2,1-2H3/t15-/m0/s1. The quantitative estimate of drug-likeness (QED) is 0.901. The fraction of sp³-hybridized carbons (Fsp3) is 0.500. The van der Waals surface area contributed by atoms with E-state index in [1.807, 2.05) is 18.2 Å². The van der Waals surface area contributed by atoms with Crippen LogP contribution in [-0.2, 0) is 0 Å². The number of methoxy groups -OCH3 is 2. The summed E-state index contributed by atoms with van der Waals surface area (Å²) in [6.45, 7) is 0.434. The third-order valence-electron chi connectivity index (χ3n) is 3.86. The van der Waals surface area contributed by atoms with Crippen molar-refractivity contribution in [3.8, 4) is 11.5 Å². The van der Waals surface area contributed by atoms with E-state index < -0.39 is 18.8 Å². The molecule has 0 unspecified atom stereocenters. The Balaban J connectivity index is 2.04. The molecular formula is C16H20F3NO3. The summed E-state index contributed by atoms with van der Waals surface area (Å²) in [5, 5.41) is 9.13. The zero-order valence-electron chi connectivity index (χ0n) is 13.1. The molecule has 128 valence electrons. The van der Waals surface area contributed by atoms with Crippen molar-refractivity contribution in [2.45, 2.75) is 18.7 Å². The lowest BCUT2D eigenvalue weighted by Crippen LogP contribution is -2.42. The van der Waals surface area contributed by atoms with Gasteiger partial charge in [-0.05, 0) is 29.7 Å². The lowest BCUT2D eigenvalue weighted by atomic mass is 9.99. The van der Waals surface area contributed by atoms with Crippen LogP contribution < -0.4 is 9.47 Å². The number of nitrogens with zero attached hydrogens (tertiary/aromatic N) is 1. The summed E-state index contributed by atoms with van der Waals surface area (Å²) >= 11 is 0. The third kappa shape index (κ3) is 4.39. The van der Waals surface area contributed by atoms with Gasteiger partial charge in [0.1, 0.15) is 0 Å². The Morgan fingerprint density at radius 2 is 1.91 bits per heavy atom. The first kappa shape index (κ1) is 17.6. The molecule has 7 heteroatoms. The fourth-order valence-corrected chi connectivity index (χ4v) is 2.52. The van der Waals surface area contributed by atoms with Crippen LogP contribution in [-0.4, -0.2) is 56.1 Å². The largest absolute Gasteiger partial charge is 0.493 e. The van der Waals surface area contributed by atoms with Gasteiger partial charge in [0.25, 0.3) is 0 Å². The maximum Gasteiger partial charge on any atom is 0.415 e. The molecule has 1 aliphatic heterocycles. The Morgan fingerprint density at radius 1 is 1.22 bits per heavy atom. The average Bonchev–Trinajstić information content (AvgIpc) is 2.54. The van der Waals surface area contributed by atoms with E-state index in [9.17, 15) is 13.2 Å². The number of hydrogen-bond acceptors (Lipinski definition) is 4. The SMILES string of the molecule is COc1ccc(C2=CCN(C[C@H](O)C(F)(F)F)CC2)cc1OC. The van der Waals surface area contributed by atoms with Crippen LogP contribution in [0.25, 0.3) is 5.57 Å². The van der Waals surface area contributed by atoms with E-state index in [0.29, 0.717) is 31.0 Å². The highest BCUT2D eigenvalue weighted by atomic mass is 19.4. The summed E-state index contributed by atoms with van der Waals surface area (Å²) < 4.78 is 47.6. The number of aliphatic hydroxyl groups is 1. The summed E-state index contributed by atoms with van der Waals surface area (Å²) in [4.78, 5) is 1.59. The molecular weight excluding hydrogens is 311 g/mol. The number of alkyl halides is 3. The Bertz CT molecular complexity index is 572. The van der Waals surface area contributed by atoms with Crippen molar-refractivity contribution in [1.29, 1.82) is 0 Å². The summed E-state index contributed by atoms with van der Waals surface area (Å²) in [5.41, 5.74) is 2.00. The Kier molecular flexibility index (Phi) is 5.54. The van der Waals surface area contributed by atoms with Gasteiger partial charge in [-0.2, -0.15) is 13.2 Å². The van der Waals surface area contributed by atoms with E-state index in [1.165, 1.54) is 0 Å². The van der Waals surface area contributed by atoms with E-state index in [-0.39, 0.29) is 0 Å². The van der Waals surface area contributed by atoms with Gasteiger partial charge < -0.3 is 14.6 Å². The van der Waals surface area contributed by atoms with Gasteiger partial charge in [0.2, 0.25) is 0 Å².